The summed E-state index contributed by atoms with van der Waals surface area (Å²) < 4.78 is 0. The summed E-state index contributed by atoms with van der Waals surface area (Å²) in [5, 5.41) is 9.66. The highest BCUT2D eigenvalue weighted by Crippen LogP contribution is 2.12. The van der Waals surface area contributed by atoms with Crippen molar-refractivity contribution in [2.75, 3.05) is 22.1 Å². The number of rotatable bonds is 7. The molecule has 11 heteroatoms. The van der Waals surface area contributed by atoms with Gasteiger partial charge in [0.25, 0.3) is 0 Å². The number of hydrogen-bond donors (Lipinski definition) is 4. The molecule has 0 aliphatic heterocycles. The van der Waals surface area contributed by atoms with Crippen molar-refractivity contribution in [3.05, 3.63) is 41.4 Å². The van der Waals surface area contributed by atoms with Gasteiger partial charge in [-0.3, -0.25) is 20.4 Å². The van der Waals surface area contributed by atoms with Gasteiger partial charge in [0.1, 0.15) is 0 Å². The molecule has 0 bridgehead atoms. The van der Waals surface area contributed by atoms with E-state index in [1.165, 1.54) is 28.5 Å². The molecular weight excluding hydrogens is 410 g/mol. The molecule has 0 atom stereocenters. The third kappa shape index (κ3) is 7.04. The first-order valence-corrected chi connectivity index (χ1v) is 10.2. The summed E-state index contributed by atoms with van der Waals surface area (Å²) in [4.78, 5) is 27.4. The number of para-hydroxylation sites is 1. The van der Waals surface area contributed by atoms with E-state index in [0.717, 1.165) is 11.3 Å². The molecule has 2 amide bonds. The van der Waals surface area contributed by atoms with Crippen LogP contribution in [0.3, 0.4) is 0 Å². The second kappa shape index (κ2) is 10.8. The summed E-state index contributed by atoms with van der Waals surface area (Å²) in [5.41, 5.74) is 6.63. The van der Waals surface area contributed by atoms with Crippen molar-refractivity contribution in [2.24, 2.45) is 0 Å². The smallest absolute Gasteiger partial charge is 0.248 e. The van der Waals surface area contributed by atoms with Crippen LogP contribution in [0.4, 0.5) is 10.8 Å². The van der Waals surface area contributed by atoms with E-state index in [2.05, 4.69) is 26.5 Å². The fourth-order valence-electron chi connectivity index (χ4n) is 1.71. The Morgan fingerprint density at radius 2 is 1.92 bits per heavy atom. The van der Waals surface area contributed by atoms with E-state index in [0.29, 0.717) is 5.13 Å². The van der Waals surface area contributed by atoms with Crippen LogP contribution in [0, 0.1) is 0 Å². The summed E-state index contributed by atoms with van der Waals surface area (Å²) in [6, 6.07) is 7.39. The fourth-order valence-corrected chi connectivity index (χ4v) is 3.24. The third-order valence-corrected chi connectivity index (χ3v) is 4.88. The molecule has 4 N–H and O–H groups in total. The second-order valence-corrected chi connectivity index (χ2v) is 7.23. The number of benzene rings is 1. The Kier molecular flexibility index (Phi) is 8.41. The van der Waals surface area contributed by atoms with Crippen LogP contribution in [0.2, 0.25) is 0 Å². The van der Waals surface area contributed by atoms with E-state index in [1.54, 1.807) is 11.6 Å². The van der Waals surface area contributed by atoms with E-state index in [9.17, 15) is 9.59 Å². The van der Waals surface area contributed by atoms with E-state index in [4.69, 9.17) is 24.4 Å². The average molecular weight is 426 g/mol. The van der Waals surface area contributed by atoms with Gasteiger partial charge in [-0.15, -0.1) is 23.1 Å². The molecule has 0 unspecified atom stereocenters. The molecule has 1 aromatic carbocycles. The molecule has 136 valence electrons. The number of nitrogens with zero attached hydrogens (tertiary/aromatic N) is 1. The highest BCUT2D eigenvalue weighted by Gasteiger charge is 2.08. The molecule has 0 saturated heterocycles. The van der Waals surface area contributed by atoms with Gasteiger partial charge in [0, 0.05) is 28.2 Å². The maximum absolute atomic E-state index is 11.8. The molecule has 0 fully saturated rings. The minimum atomic E-state index is -0.302. The zero-order valence-corrected chi connectivity index (χ0v) is 16.6. The lowest BCUT2D eigenvalue weighted by atomic mass is 10.2. The Hall–Kier alpha value is -2.08. The van der Waals surface area contributed by atoms with Crippen molar-refractivity contribution < 1.29 is 9.59 Å². The highest BCUT2D eigenvalue weighted by molar-refractivity contribution is 8.00. The van der Waals surface area contributed by atoms with Crippen molar-refractivity contribution in [2.45, 2.75) is 0 Å². The summed E-state index contributed by atoms with van der Waals surface area (Å²) in [7, 11) is 0. The number of nitrogens with one attached hydrogen (secondary N) is 4. The number of thiazole rings is 1. The minimum Gasteiger partial charge on any atom is -0.331 e. The summed E-state index contributed by atoms with van der Waals surface area (Å²) in [5.74, 6) is -0.251. The summed E-state index contributed by atoms with van der Waals surface area (Å²) in [6.45, 7) is 0. The molecule has 2 rings (SSSR count). The lowest BCUT2D eigenvalue weighted by Gasteiger charge is -2.13. The Morgan fingerprint density at radius 3 is 2.65 bits per heavy atom. The Bertz CT molecular complexity index is 782. The number of carbonyl (C=O) groups is 2. The van der Waals surface area contributed by atoms with Gasteiger partial charge >= 0.3 is 0 Å². The predicted molar refractivity (Wildman–Crippen MR) is 115 cm³/mol. The van der Waals surface area contributed by atoms with E-state index in [-0.39, 0.29) is 28.4 Å². The molecule has 26 heavy (non-hydrogen) atoms. The number of amides is 2. The van der Waals surface area contributed by atoms with Crippen LogP contribution < -0.4 is 21.5 Å². The lowest BCUT2D eigenvalue weighted by molar-refractivity contribution is -0.119. The molecule has 1 heterocycles. The molecule has 1 aromatic heterocycles. The molecule has 2 aromatic rings. The van der Waals surface area contributed by atoms with Crippen LogP contribution in [0.5, 0.6) is 0 Å². The van der Waals surface area contributed by atoms with Crippen LogP contribution in [0.15, 0.2) is 35.8 Å². The van der Waals surface area contributed by atoms with Crippen LogP contribution >= 0.6 is 47.5 Å². The van der Waals surface area contributed by atoms with Crippen molar-refractivity contribution in [3.63, 3.8) is 0 Å². The van der Waals surface area contributed by atoms with Gasteiger partial charge < -0.3 is 10.6 Å². The standard InChI is InChI=1S/C15H15N5O2S4/c21-12(18-15-16-5-6-26-15)8-25-9-13(22)19-20-14(24)17-11-4-2-1-3-10(11)7-23/h1-7H,8-9H2,(H,19,22)(H,16,18,21)(H2,17,20,24). The van der Waals surface area contributed by atoms with Crippen molar-refractivity contribution in [1.29, 1.82) is 0 Å². The minimum absolute atomic E-state index is 0.109. The number of hydrazine groups is 1. The quantitative estimate of drug-likeness (QED) is 0.396. The first-order valence-electron chi connectivity index (χ1n) is 7.25. The Morgan fingerprint density at radius 1 is 1.15 bits per heavy atom. The Labute approximate surface area is 169 Å². The van der Waals surface area contributed by atoms with Crippen molar-refractivity contribution in [1.82, 2.24) is 15.8 Å². The van der Waals surface area contributed by atoms with Crippen LogP contribution in [0.1, 0.15) is 5.56 Å². The topological polar surface area (TPSA) is 95.2 Å². The maximum atomic E-state index is 11.8. The lowest BCUT2D eigenvalue weighted by Crippen LogP contribution is -2.44. The molecule has 0 saturated carbocycles. The number of thiocarbonyl (C=S) groups is 2. The van der Waals surface area contributed by atoms with Gasteiger partial charge in [-0.05, 0) is 18.3 Å². The molecule has 0 aliphatic rings. The molecule has 0 spiro atoms. The van der Waals surface area contributed by atoms with Gasteiger partial charge in [-0.2, -0.15) is 0 Å². The number of aromatic nitrogens is 1. The monoisotopic (exact) mass is 425 g/mol. The van der Waals surface area contributed by atoms with Gasteiger partial charge in [0.05, 0.1) is 11.5 Å². The number of carbonyl (C=O) groups excluding carboxylic acids is 2. The van der Waals surface area contributed by atoms with Crippen molar-refractivity contribution >= 4 is 80.6 Å². The highest BCUT2D eigenvalue weighted by atomic mass is 32.2. The van der Waals surface area contributed by atoms with Crippen LogP contribution in [0.25, 0.3) is 0 Å². The van der Waals surface area contributed by atoms with E-state index < -0.39 is 0 Å². The Balaban J connectivity index is 1.64. The number of thioether (sulfide) groups is 1. The average Bonchev–Trinajstić information content (AvgIpc) is 3.13. The number of anilines is 2. The van der Waals surface area contributed by atoms with Crippen LogP contribution in [-0.2, 0) is 9.59 Å². The first-order chi connectivity index (χ1) is 12.6. The molecule has 0 aliphatic carbocycles. The van der Waals surface area contributed by atoms with Crippen molar-refractivity contribution in [3.8, 4) is 0 Å². The zero-order chi connectivity index (χ0) is 18.8. The van der Waals surface area contributed by atoms with E-state index in [1.807, 2.05) is 24.3 Å². The van der Waals surface area contributed by atoms with E-state index >= 15 is 0 Å². The first kappa shape index (κ1) is 20.2. The van der Waals surface area contributed by atoms with Crippen LogP contribution in [-0.4, -0.2) is 38.8 Å². The molecular formula is C15H15N5O2S4. The van der Waals surface area contributed by atoms with Gasteiger partial charge in [0.15, 0.2) is 10.2 Å². The molecule has 0 radical (unpaired) electrons. The van der Waals surface area contributed by atoms with Gasteiger partial charge in [-0.25, -0.2) is 4.98 Å². The largest absolute Gasteiger partial charge is 0.331 e. The SMILES string of the molecule is O=C(CSCC(=O)Nc1nccs1)NNC(=S)Nc1ccccc1C=S. The predicted octanol–water partition coefficient (Wildman–Crippen LogP) is 2.18. The third-order valence-electron chi connectivity index (χ3n) is 2.80. The zero-order valence-electron chi connectivity index (χ0n) is 13.4. The summed E-state index contributed by atoms with van der Waals surface area (Å²) >= 11 is 12.6. The molecule has 7 nitrogen and oxygen atoms in total. The van der Waals surface area contributed by atoms with Gasteiger partial charge in [-0.1, -0.05) is 30.4 Å². The second-order valence-electron chi connectivity index (χ2n) is 4.71. The number of hydrogen-bond acceptors (Lipinski definition) is 7. The normalized spacial score (nSPS) is 9.85. The van der Waals surface area contributed by atoms with Gasteiger partial charge in [0.2, 0.25) is 11.8 Å². The fraction of sp³-hybridized carbons (Fsp3) is 0.133. The maximum Gasteiger partial charge on any atom is 0.248 e. The summed E-state index contributed by atoms with van der Waals surface area (Å²) in [6.07, 6.45) is 1.61.